The minimum atomic E-state index is -0.667. The zero-order valence-electron chi connectivity index (χ0n) is 16.0. The Bertz CT molecular complexity index is 1060. The predicted octanol–water partition coefficient (Wildman–Crippen LogP) is 4.19. The van der Waals surface area contributed by atoms with Crippen molar-refractivity contribution in [3.05, 3.63) is 65.5 Å². The van der Waals surface area contributed by atoms with Gasteiger partial charge in [-0.05, 0) is 43.3 Å². The first-order chi connectivity index (χ1) is 14.4. The van der Waals surface area contributed by atoms with Crippen molar-refractivity contribution in [2.75, 3.05) is 6.61 Å². The van der Waals surface area contributed by atoms with Crippen molar-refractivity contribution in [1.82, 2.24) is 15.0 Å². The summed E-state index contributed by atoms with van der Waals surface area (Å²) in [5, 5.41) is 0.176. The molecule has 0 atom stereocenters. The molecule has 3 rings (SSSR count). The number of carbonyl (C=O) groups excluding carboxylic acids is 2. The van der Waals surface area contributed by atoms with Gasteiger partial charge in [0, 0.05) is 18.0 Å². The molecule has 2 aromatic heterocycles. The van der Waals surface area contributed by atoms with Crippen LogP contribution < -0.4 is 4.74 Å². The molecule has 0 bridgehead atoms. The maximum atomic E-state index is 13.8. The highest BCUT2D eigenvalue weighted by molar-refractivity contribution is 6.30. The van der Waals surface area contributed by atoms with E-state index in [-0.39, 0.29) is 36.1 Å². The standard InChI is InChI=1S/C21H17ClFN3O4/c1-2-29-20(28)11-15(27)10-19-24-8-7-18(26-19)13-3-5-16(6-4-13)30-21-17(23)9-14(22)12-25-21/h3-9,12H,2,10-11H2,1H3. The maximum Gasteiger partial charge on any atom is 0.313 e. The van der Waals surface area contributed by atoms with E-state index in [2.05, 4.69) is 15.0 Å². The molecule has 0 N–H and O–H groups in total. The lowest BCUT2D eigenvalue weighted by atomic mass is 10.1. The third kappa shape index (κ3) is 5.81. The topological polar surface area (TPSA) is 91.3 Å². The van der Waals surface area contributed by atoms with Gasteiger partial charge < -0.3 is 9.47 Å². The summed E-state index contributed by atoms with van der Waals surface area (Å²) in [6.45, 7) is 1.90. The van der Waals surface area contributed by atoms with Gasteiger partial charge in [-0.15, -0.1) is 0 Å². The number of rotatable bonds is 8. The number of ketones is 1. The zero-order valence-corrected chi connectivity index (χ0v) is 16.7. The molecule has 0 amide bonds. The lowest BCUT2D eigenvalue weighted by molar-refractivity contribution is -0.145. The van der Waals surface area contributed by atoms with Crippen LogP contribution in [0.15, 0.2) is 48.8 Å². The highest BCUT2D eigenvalue weighted by Gasteiger charge is 2.13. The van der Waals surface area contributed by atoms with Crippen molar-refractivity contribution in [3.63, 3.8) is 0 Å². The first-order valence-corrected chi connectivity index (χ1v) is 9.41. The number of halogens is 2. The fourth-order valence-electron chi connectivity index (χ4n) is 2.54. The Morgan fingerprint density at radius 3 is 2.60 bits per heavy atom. The van der Waals surface area contributed by atoms with Crippen LogP contribution in [-0.4, -0.2) is 33.3 Å². The van der Waals surface area contributed by atoms with Gasteiger partial charge in [0.2, 0.25) is 0 Å². The Labute approximate surface area is 176 Å². The highest BCUT2D eigenvalue weighted by atomic mass is 35.5. The summed E-state index contributed by atoms with van der Waals surface area (Å²) < 4.78 is 24.0. The second-order valence-electron chi connectivity index (χ2n) is 6.12. The third-order valence-electron chi connectivity index (χ3n) is 3.85. The Hall–Kier alpha value is -3.39. The molecule has 0 spiro atoms. The number of benzene rings is 1. The molecule has 0 fully saturated rings. The molecular weight excluding hydrogens is 413 g/mol. The van der Waals surface area contributed by atoms with Gasteiger partial charge in [0.05, 0.1) is 23.7 Å². The molecule has 0 saturated heterocycles. The molecule has 30 heavy (non-hydrogen) atoms. The number of hydrogen-bond acceptors (Lipinski definition) is 7. The second-order valence-corrected chi connectivity index (χ2v) is 6.56. The van der Waals surface area contributed by atoms with E-state index < -0.39 is 11.8 Å². The van der Waals surface area contributed by atoms with E-state index in [1.807, 2.05) is 0 Å². The number of ether oxygens (including phenoxy) is 2. The Morgan fingerprint density at radius 2 is 1.90 bits per heavy atom. The van der Waals surface area contributed by atoms with E-state index in [1.165, 1.54) is 12.4 Å². The molecule has 3 aromatic rings. The molecule has 0 aliphatic rings. The van der Waals surface area contributed by atoms with Gasteiger partial charge in [0.25, 0.3) is 5.88 Å². The first-order valence-electron chi connectivity index (χ1n) is 9.03. The van der Waals surface area contributed by atoms with E-state index in [1.54, 1.807) is 37.3 Å². The van der Waals surface area contributed by atoms with Gasteiger partial charge in [0.1, 0.15) is 18.0 Å². The Morgan fingerprint density at radius 1 is 1.13 bits per heavy atom. The summed E-state index contributed by atoms with van der Waals surface area (Å²) in [6.07, 6.45) is 2.44. The quantitative estimate of drug-likeness (QED) is 0.391. The first kappa shape index (κ1) is 21.3. The van der Waals surface area contributed by atoms with Crippen LogP contribution in [0.25, 0.3) is 11.3 Å². The predicted molar refractivity (Wildman–Crippen MR) is 107 cm³/mol. The van der Waals surface area contributed by atoms with Crippen LogP contribution >= 0.6 is 11.6 Å². The number of pyridine rings is 1. The smallest absolute Gasteiger partial charge is 0.313 e. The Balaban J connectivity index is 1.68. The fraction of sp³-hybridized carbons (Fsp3) is 0.190. The maximum absolute atomic E-state index is 13.8. The van der Waals surface area contributed by atoms with E-state index in [4.69, 9.17) is 21.1 Å². The van der Waals surface area contributed by atoms with E-state index in [9.17, 15) is 14.0 Å². The molecule has 0 saturated carbocycles. The van der Waals surface area contributed by atoms with Gasteiger partial charge in [0.15, 0.2) is 11.6 Å². The molecule has 2 heterocycles. The summed E-state index contributed by atoms with van der Waals surface area (Å²) >= 11 is 5.68. The molecule has 0 unspecified atom stereocenters. The van der Waals surface area contributed by atoms with Crippen molar-refractivity contribution in [2.45, 2.75) is 19.8 Å². The molecule has 0 aliphatic carbocycles. The average molecular weight is 430 g/mol. The van der Waals surface area contributed by atoms with Gasteiger partial charge in [-0.3, -0.25) is 9.59 Å². The number of Topliss-reactive ketones (excluding diaryl/α,β-unsaturated/α-hetero) is 1. The molecule has 1 aromatic carbocycles. The molecule has 7 nitrogen and oxygen atoms in total. The van der Waals surface area contributed by atoms with E-state index in [0.29, 0.717) is 17.3 Å². The zero-order chi connectivity index (χ0) is 21.5. The van der Waals surface area contributed by atoms with Gasteiger partial charge in [-0.1, -0.05) is 11.6 Å². The van der Waals surface area contributed by atoms with Crippen LogP contribution in [0.1, 0.15) is 19.2 Å². The largest absolute Gasteiger partial charge is 0.466 e. The molecule has 9 heteroatoms. The summed E-state index contributed by atoms with van der Waals surface area (Å²) in [6, 6.07) is 9.54. The summed E-state index contributed by atoms with van der Waals surface area (Å²) in [5.41, 5.74) is 1.33. The summed E-state index contributed by atoms with van der Waals surface area (Å²) in [7, 11) is 0. The van der Waals surface area contributed by atoms with Crippen molar-refractivity contribution < 1.29 is 23.5 Å². The lowest BCUT2D eigenvalue weighted by Gasteiger charge is -2.07. The average Bonchev–Trinajstić information content (AvgIpc) is 2.71. The Kier molecular flexibility index (Phi) is 7.03. The van der Waals surface area contributed by atoms with E-state index in [0.717, 1.165) is 11.6 Å². The monoisotopic (exact) mass is 429 g/mol. The van der Waals surface area contributed by atoms with Crippen molar-refractivity contribution in [1.29, 1.82) is 0 Å². The van der Waals surface area contributed by atoms with E-state index >= 15 is 0 Å². The summed E-state index contributed by atoms with van der Waals surface area (Å²) in [4.78, 5) is 35.6. The number of hydrogen-bond donors (Lipinski definition) is 0. The SMILES string of the molecule is CCOC(=O)CC(=O)Cc1nccc(-c2ccc(Oc3ncc(Cl)cc3F)cc2)n1. The van der Waals surface area contributed by atoms with Crippen molar-refractivity contribution in [2.24, 2.45) is 0 Å². The third-order valence-corrected chi connectivity index (χ3v) is 4.05. The van der Waals surface area contributed by atoms with Crippen molar-refractivity contribution in [3.8, 4) is 22.9 Å². The fourth-order valence-corrected chi connectivity index (χ4v) is 2.68. The molecule has 0 radical (unpaired) electrons. The number of carbonyl (C=O) groups is 2. The van der Waals surface area contributed by atoms with Gasteiger partial charge in [-0.25, -0.2) is 19.3 Å². The number of esters is 1. The van der Waals surface area contributed by atoms with Crippen LogP contribution in [-0.2, 0) is 20.7 Å². The molecule has 154 valence electrons. The van der Waals surface area contributed by atoms with Crippen molar-refractivity contribution >= 4 is 23.4 Å². The van der Waals surface area contributed by atoms with Crippen LogP contribution in [0.5, 0.6) is 11.6 Å². The van der Waals surface area contributed by atoms with Crippen LogP contribution in [0, 0.1) is 5.82 Å². The minimum absolute atomic E-state index is 0.0740. The normalized spacial score (nSPS) is 10.5. The van der Waals surface area contributed by atoms with Gasteiger partial charge in [-0.2, -0.15) is 0 Å². The minimum Gasteiger partial charge on any atom is -0.466 e. The van der Waals surface area contributed by atoms with Crippen LogP contribution in [0.4, 0.5) is 4.39 Å². The molecule has 0 aliphatic heterocycles. The number of aromatic nitrogens is 3. The van der Waals surface area contributed by atoms with Crippen LogP contribution in [0.2, 0.25) is 5.02 Å². The summed E-state index contributed by atoms with van der Waals surface area (Å²) in [5.74, 6) is -1.07. The van der Waals surface area contributed by atoms with Gasteiger partial charge >= 0.3 is 5.97 Å². The second kappa shape index (κ2) is 9.89. The lowest BCUT2D eigenvalue weighted by Crippen LogP contribution is -2.14. The number of nitrogens with zero attached hydrogens (tertiary/aromatic N) is 3. The molecular formula is C21H17ClFN3O4. The van der Waals surface area contributed by atoms with Crippen LogP contribution in [0.3, 0.4) is 0 Å². The highest BCUT2D eigenvalue weighted by Crippen LogP contribution is 2.26.